The second-order valence-corrected chi connectivity index (χ2v) is 12.1. The Morgan fingerprint density at radius 3 is 2.44 bits per heavy atom. The summed E-state index contributed by atoms with van der Waals surface area (Å²) in [6.45, 7) is 0.610. The third kappa shape index (κ3) is 4.81. The highest BCUT2D eigenvalue weighted by Crippen LogP contribution is 2.52. The SMILES string of the molecule is COc1ccc2c(c1)Sc1cc3c(cc1C2)Sc1cc(CO)ccc1N3CCCCS(=O)(=O)O. The first-order chi connectivity index (χ1) is 16.3. The van der Waals surface area contributed by atoms with E-state index in [1.807, 2.05) is 24.3 Å². The molecule has 0 bridgehead atoms. The predicted octanol–water partition coefficient (Wildman–Crippen LogP) is 5.51. The van der Waals surface area contributed by atoms with Crippen LogP contribution in [0.2, 0.25) is 0 Å². The van der Waals surface area contributed by atoms with Gasteiger partial charge in [-0.1, -0.05) is 35.7 Å². The molecule has 0 unspecified atom stereocenters. The maximum atomic E-state index is 11.2. The van der Waals surface area contributed by atoms with Gasteiger partial charge in [0.15, 0.2) is 0 Å². The Bertz CT molecular complexity index is 1360. The van der Waals surface area contributed by atoms with Crippen molar-refractivity contribution in [3.8, 4) is 5.75 Å². The number of fused-ring (bicyclic) bond motifs is 4. The van der Waals surface area contributed by atoms with Crippen molar-refractivity contribution in [2.45, 2.75) is 45.5 Å². The molecule has 0 atom stereocenters. The number of aliphatic hydroxyl groups is 1. The Labute approximate surface area is 208 Å². The van der Waals surface area contributed by atoms with E-state index in [4.69, 9.17) is 9.29 Å². The Hall–Kier alpha value is -2.17. The number of unbranched alkanes of at least 4 members (excludes halogenated alkanes) is 1. The molecule has 0 saturated heterocycles. The first kappa shape index (κ1) is 23.6. The summed E-state index contributed by atoms with van der Waals surface area (Å²) in [7, 11) is -2.29. The van der Waals surface area contributed by atoms with Gasteiger partial charge in [-0.25, -0.2) is 0 Å². The van der Waals surface area contributed by atoms with Crippen LogP contribution in [-0.2, 0) is 23.1 Å². The number of benzene rings is 3. The molecule has 178 valence electrons. The Morgan fingerprint density at radius 1 is 0.912 bits per heavy atom. The van der Waals surface area contributed by atoms with Crippen LogP contribution in [0.5, 0.6) is 5.75 Å². The molecule has 2 aliphatic heterocycles. The molecule has 0 saturated carbocycles. The van der Waals surface area contributed by atoms with Crippen LogP contribution in [0.1, 0.15) is 29.5 Å². The molecule has 2 heterocycles. The molecule has 0 spiro atoms. The maximum absolute atomic E-state index is 11.2. The molecule has 0 radical (unpaired) electrons. The van der Waals surface area contributed by atoms with E-state index in [-0.39, 0.29) is 12.4 Å². The van der Waals surface area contributed by atoms with Gasteiger partial charge in [-0.3, -0.25) is 4.55 Å². The van der Waals surface area contributed by atoms with Crippen molar-refractivity contribution in [3.05, 3.63) is 65.2 Å². The number of ether oxygens (including phenoxy) is 1. The fourth-order valence-corrected chi connectivity index (χ4v) is 7.24. The molecule has 3 aromatic carbocycles. The molecule has 0 aromatic heterocycles. The first-order valence-corrected chi connectivity index (χ1v) is 14.2. The lowest BCUT2D eigenvalue weighted by atomic mass is 10.0. The number of nitrogens with zero attached hydrogens (tertiary/aromatic N) is 1. The molecular weight excluding hydrogens is 490 g/mol. The van der Waals surface area contributed by atoms with E-state index in [0.29, 0.717) is 19.4 Å². The molecule has 3 aromatic rings. The quantitative estimate of drug-likeness (QED) is 0.246. The lowest BCUT2D eigenvalue weighted by molar-refractivity contribution is 0.281. The Kier molecular flexibility index (Phi) is 6.56. The summed E-state index contributed by atoms with van der Waals surface area (Å²) in [6.07, 6.45) is 1.86. The largest absolute Gasteiger partial charge is 0.497 e. The normalized spacial score (nSPS) is 14.1. The standard InChI is InChI=1S/C25H25NO5S3/c1-31-19-6-5-17-11-18-12-25-21(14-23(18)32-22(17)13-19)26(8-2-3-9-34(28,29)30)20-7-4-16(15-27)10-24(20)33-25/h4-7,10,12-14,27H,2-3,8-9,11,15H2,1H3,(H,28,29,30). The summed E-state index contributed by atoms with van der Waals surface area (Å²) in [5, 5.41) is 9.62. The fourth-order valence-electron chi connectivity index (χ4n) is 4.35. The van der Waals surface area contributed by atoms with Gasteiger partial charge in [-0.05, 0) is 72.4 Å². The summed E-state index contributed by atoms with van der Waals surface area (Å²) in [5.41, 5.74) is 5.56. The number of methoxy groups -OCH3 is 1. The molecule has 0 fully saturated rings. The van der Waals surface area contributed by atoms with Gasteiger partial charge in [-0.15, -0.1) is 0 Å². The third-order valence-corrected chi connectivity index (χ3v) is 9.16. The van der Waals surface area contributed by atoms with E-state index in [1.54, 1.807) is 30.6 Å². The zero-order valence-corrected chi connectivity index (χ0v) is 21.1. The average molecular weight is 516 g/mol. The van der Waals surface area contributed by atoms with Crippen LogP contribution in [0.15, 0.2) is 68.1 Å². The highest BCUT2D eigenvalue weighted by molar-refractivity contribution is 8.00. The molecule has 2 aliphatic rings. The third-order valence-electron chi connectivity index (χ3n) is 6.06. The highest BCUT2D eigenvalue weighted by atomic mass is 32.2. The van der Waals surface area contributed by atoms with Crippen LogP contribution in [-0.4, -0.2) is 37.5 Å². The maximum Gasteiger partial charge on any atom is 0.264 e. The van der Waals surface area contributed by atoms with Crippen LogP contribution < -0.4 is 9.64 Å². The molecule has 9 heteroatoms. The first-order valence-electron chi connectivity index (χ1n) is 11.0. The van der Waals surface area contributed by atoms with Gasteiger partial charge in [0, 0.05) is 26.1 Å². The molecular formula is C25H25NO5S3. The van der Waals surface area contributed by atoms with Crippen molar-refractivity contribution >= 4 is 45.0 Å². The van der Waals surface area contributed by atoms with E-state index in [2.05, 4.69) is 29.2 Å². The highest BCUT2D eigenvalue weighted by Gasteiger charge is 2.27. The van der Waals surface area contributed by atoms with Crippen molar-refractivity contribution in [1.29, 1.82) is 0 Å². The van der Waals surface area contributed by atoms with E-state index in [9.17, 15) is 13.5 Å². The lowest BCUT2D eigenvalue weighted by Crippen LogP contribution is -2.23. The number of anilines is 2. The van der Waals surface area contributed by atoms with Gasteiger partial charge in [0.1, 0.15) is 5.75 Å². The molecule has 6 nitrogen and oxygen atoms in total. The summed E-state index contributed by atoms with van der Waals surface area (Å²) in [4.78, 5) is 6.85. The van der Waals surface area contributed by atoms with Crippen LogP contribution >= 0.6 is 23.5 Å². The monoisotopic (exact) mass is 515 g/mol. The van der Waals surface area contributed by atoms with E-state index < -0.39 is 10.1 Å². The minimum Gasteiger partial charge on any atom is -0.497 e. The van der Waals surface area contributed by atoms with Gasteiger partial charge < -0.3 is 14.7 Å². The molecule has 0 amide bonds. The molecule has 5 rings (SSSR count). The minimum absolute atomic E-state index is 0.0177. The van der Waals surface area contributed by atoms with E-state index in [1.165, 1.54) is 20.9 Å². The van der Waals surface area contributed by atoms with Gasteiger partial charge >= 0.3 is 0 Å². The van der Waals surface area contributed by atoms with Crippen LogP contribution in [0.4, 0.5) is 11.4 Å². The van der Waals surface area contributed by atoms with Crippen molar-refractivity contribution in [3.63, 3.8) is 0 Å². The van der Waals surface area contributed by atoms with Crippen LogP contribution in [0.25, 0.3) is 0 Å². The smallest absolute Gasteiger partial charge is 0.264 e. The van der Waals surface area contributed by atoms with Gasteiger partial charge in [-0.2, -0.15) is 8.42 Å². The second kappa shape index (κ2) is 9.47. The van der Waals surface area contributed by atoms with Gasteiger partial charge in [0.2, 0.25) is 0 Å². The fraction of sp³-hybridized carbons (Fsp3) is 0.280. The lowest BCUT2D eigenvalue weighted by Gasteiger charge is -2.34. The topological polar surface area (TPSA) is 87.1 Å². The van der Waals surface area contributed by atoms with Gasteiger partial charge in [0.05, 0.1) is 30.8 Å². The van der Waals surface area contributed by atoms with Crippen molar-refractivity contribution in [2.75, 3.05) is 24.3 Å². The second-order valence-electron chi connectivity index (χ2n) is 8.39. The number of aliphatic hydroxyl groups excluding tert-OH is 1. The average Bonchev–Trinajstić information content (AvgIpc) is 2.82. The van der Waals surface area contributed by atoms with Crippen LogP contribution in [0, 0.1) is 0 Å². The zero-order valence-electron chi connectivity index (χ0n) is 18.7. The number of hydrogen-bond acceptors (Lipinski definition) is 7. The van der Waals surface area contributed by atoms with Gasteiger partial charge in [0.25, 0.3) is 10.1 Å². The number of hydrogen-bond donors (Lipinski definition) is 2. The Morgan fingerprint density at radius 2 is 1.68 bits per heavy atom. The summed E-state index contributed by atoms with van der Waals surface area (Å²) in [5.74, 6) is 0.606. The van der Waals surface area contributed by atoms with Crippen molar-refractivity contribution in [2.24, 2.45) is 0 Å². The summed E-state index contributed by atoms with van der Waals surface area (Å²) in [6, 6.07) is 16.7. The predicted molar refractivity (Wildman–Crippen MR) is 136 cm³/mol. The van der Waals surface area contributed by atoms with Crippen molar-refractivity contribution < 1.29 is 22.8 Å². The summed E-state index contributed by atoms with van der Waals surface area (Å²) >= 11 is 3.45. The van der Waals surface area contributed by atoms with E-state index in [0.717, 1.165) is 38.9 Å². The van der Waals surface area contributed by atoms with E-state index >= 15 is 0 Å². The van der Waals surface area contributed by atoms with Crippen molar-refractivity contribution in [1.82, 2.24) is 0 Å². The molecule has 2 N–H and O–H groups in total. The van der Waals surface area contributed by atoms with Crippen LogP contribution in [0.3, 0.4) is 0 Å². The molecule has 0 aliphatic carbocycles. The molecule has 34 heavy (non-hydrogen) atoms. The Balaban J connectivity index is 1.50. The minimum atomic E-state index is -3.97. The zero-order chi connectivity index (χ0) is 23.9. The summed E-state index contributed by atoms with van der Waals surface area (Å²) < 4.78 is 36.8. The number of rotatable bonds is 7.